The Morgan fingerprint density at radius 2 is 2.00 bits per heavy atom. The highest BCUT2D eigenvalue weighted by Gasteiger charge is 2.21. The predicted octanol–water partition coefficient (Wildman–Crippen LogP) is 1.40. The number of halogens is 2. The van der Waals surface area contributed by atoms with Crippen molar-refractivity contribution in [1.82, 2.24) is 10.6 Å². The van der Waals surface area contributed by atoms with Crippen LogP contribution < -0.4 is 15.5 Å². The molecule has 1 amide bonds. The summed E-state index contributed by atoms with van der Waals surface area (Å²) in [4.78, 5) is 12.9. The van der Waals surface area contributed by atoms with Crippen molar-refractivity contribution < 1.29 is 13.6 Å². The summed E-state index contributed by atoms with van der Waals surface area (Å²) in [6.07, 6.45) is 0.248. The van der Waals surface area contributed by atoms with E-state index in [0.29, 0.717) is 31.7 Å². The lowest BCUT2D eigenvalue weighted by atomic mass is 10.1. The van der Waals surface area contributed by atoms with Gasteiger partial charge in [0.1, 0.15) is 17.3 Å². The van der Waals surface area contributed by atoms with Gasteiger partial charge in [-0.15, -0.1) is 0 Å². The lowest BCUT2D eigenvalue weighted by Crippen LogP contribution is -2.30. The lowest BCUT2D eigenvalue weighted by molar-refractivity contribution is -0.120. The van der Waals surface area contributed by atoms with E-state index in [1.165, 1.54) is 12.1 Å². The van der Waals surface area contributed by atoms with Crippen LogP contribution in [0.4, 0.5) is 14.5 Å². The van der Waals surface area contributed by atoms with Crippen LogP contribution in [0.2, 0.25) is 0 Å². The largest absolute Gasteiger partial charge is 0.365 e. The summed E-state index contributed by atoms with van der Waals surface area (Å²) in [7, 11) is 0. The van der Waals surface area contributed by atoms with Gasteiger partial charge in [0, 0.05) is 32.6 Å². The molecule has 2 rings (SSSR count). The number of hydrogen-bond donors (Lipinski definition) is 2. The van der Waals surface area contributed by atoms with Gasteiger partial charge in [-0.1, -0.05) is 6.92 Å². The molecule has 1 aliphatic heterocycles. The Hall–Kier alpha value is -1.69. The summed E-state index contributed by atoms with van der Waals surface area (Å²) in [6, 6.07) is 2.70. The fourth-order valence-corrected chi connectivity index (χ4v) is 2.28. The molecule has 1 aliphatic rings. The van der Waals surface area contributed by atoms with Crippen LogP contribution in [-0.4, -0.2) is 32.1 Å². The van der Waals surface area contributed by atoms with Crippen LogP contribution in [0.3, 0.4) is 0 Å². The highest BCUT2D eigenvalue weighted by Crippen LogP contribution is 2.25. The number of hydrogen-bond acceptors (Lipinski definition) is 3. The molecule has 1 aromatic rings. The molecule has 1 heterocycles. The molecular formula is C14H19F2N3O. The first kappa shape index (κ1) is 14.7. The van der Waals surface area contributed by atoms with Gasteiger partial charge in [0.25, 0.3) is 0 Å². The zero-order chi connectivity index (χ0) is 14.5. The number of anilines is 1. The molecule has 110 valence electrons. The Labute approximate surface area is 117 Å². The van der Waals surface area contributed by atoms with Crippen molar-refractivity contribution >= 4 is 11.6 Å². The molecular weight excluding hydrogens is 264 g/mol. The van der Waals surface area contributed by atoms with Crippen molar-refractivity contribution in [2.45, 2.75) is 19.9 Å². The molecule has 0 unspecified atom stereocenters. The van der Waals surface area contributed by atoms with Crippen LogP contribution in [-0.2, 0) is 11.3 Å². The standard InChI is InChI=1S/C14H19F2N3O/c1-2-17-9-10-7-11(15)14(12(16)8-10)19-5-3-13(20)18-4-6-19/h7-8,17H,2-6,9H2,1H3,(H,18,20). The maximum Gasteiger partial charge on any atom is 0.221 e. The Kier molecular flexibility index (Phi) is 4.89. The number of benzene rings is 1. The smallest absolute Gasteiger partial charge is 0.221 e. The Bertz CT molecular complexity index is 470. The van der Waals surface area contributed by atoms with E-state index in [4.69, 9.17) is 0 Å². The van der Waals surface area contributed by atoms with Gasteiger partial charge < -0.3 is 15.5 Å². The molecule has 6 heteroatoms. The van der Waals surface area contributed by atoms with Gasteiger partial charge >= 0.3 is 0 Å². The van der Waals surface area contributed by atoms with E-state index < -0.39 is 11.6 Å². The molecule has 0 bridgehead atoms. The fourth-order valence-electron chi connectivity index (χ4n) is 2.28. The zero-order valence-electron chi connectivity index (χ0n) is 11.5. The summed E-state index contributed by atoms with van der Waals surface area (Å²) >= 11 is 0. The normalized spacial score (nSPS) is 15.9. The maximum absolute atomic E-state index is 14.1. The predicted molar refractivity (Wildman–Crippen MR) is 73.6 cm³/mol. The van der Waals surface area contributed by atoms with E-state index in [1.54, 1.807) is 4.90 Å². The van der Waals surface area contributed by atoms with Crippen LogP contribution in [0.15, 0.2) is 12.1 Å². The average molecular weight is 283 g/mol. The zero-order valence-corrected chi connectivity index (χ0v) is 11.5. The van der Waals surface area contributed by atoms with E-state index in [9.17, 15) is 13.6 Å². The highest BCUT2D eigenvalue weighted by molar-refractivity contribution is 5.77. The van der Waals surface area contributed by atoms with Crippen LogP contribution in [0, 0.1) is 11.6 Å². The van der Waals surface area contributed by atoms with Gasteiger partial charge in [-0.2, -0.15) is 0 Å². The molecule has 1 aromatic carbocycles. The number of nitrogens with one attached hydrogen (secondary N) is 2. The molecule has 20 heavy (non-hydrogen) atoms. The van der Waals surface area contributed by atoms with E-state index >= 15 is 0 Å². The van der Waals surface area contributed by atoms with E-state index in [1.807, 2.05) is 6.92 Å². The summed E-state index contributed by atoms with van der Waals surface area (Å²) in [5, 5.41) is 5.72. The molecule has 1 saturated heterocycles. The highest BCUT2D eigenvalue weighted by atomic mass is 19.1. The minimum atomic E-state index is -0.577. The van der Waals surface area contributed by atoms with Gasteiger partial charge in [0.15, 0.2) is 0 Å². The minimum Gasteiger partial charge on any atom is -0.365 e. The number of carbonyl (C=O) groups excluding carboxylic acids is 1. The van der Waals surface area contributed by atoms with Crippen molar-refractivity contribution in [1.29, 1.82) is 0 Å². The topological polar surface area (TPSA) is 44.4 Å². The van der Waals surface area contributed by atoms with Crippen LogP contribution in [0.25, 0.3) is 0 Å². The van der Waals surface area contributed by atoms with Crippen molar-refractivity contribution in [2.24, 2.45) is 0 Å². The third-order valence-corrected chi connectivity index (χ3v) is 3.28. The summed E-state index contributed by atoms with van der Waals surface area (Å²) < 4.78 is 28.3. The molecule has 1 fully saturated rings. The molecule has 0 radical (unpaired) electrons. The first-order valence-electron chi connectivity index (χ1n) is 6.82. The first-order valence-corrected chi connectivity index (χ1v) is 6.82. The van der Waals surface area contributed by atoms with Gasteiger partial charge in [-0.25, -0.2) is 8.78 Å². The molecule has 0 aromatic heterocycles. The second-order valence-electron chi connectivity index (χ2n) is 4.78. The number of nitrogens with zero attached hydrogens (tertiary/aromatic N) is 1. The van der Waals surface area contributed by atoms with Crippen LogP contribution >= 0.6 is 0 Å². The number of rotatable bonds is 4. The molecule has 4 nitrogen and oxygen atoms in total. The lowest BCUT2D eigenvalue weighted by Gasteiger charge is -2.23. The molecule has 0 atom stereocenters. The van der Waals surface area contributed by atoms with Crippen molar-refractivity contribution in [2.75, 3.05) is 31.1 Å². The molecule has 0 aliphatic carbocycles. The molecule has 0 spiro atoms. The summed E-state index contributed by atoms with van der Waals surface area (Å²) in [5.41, 5.74) is 0.538. The minimum absolute atomic E-state index is 0.0400. The van der Waals surface area contributed by atoms with E-state index in [2.05, 4.69) is 10.6 Å². The molecule has 2 N–H and O–H groups in total. The van der Waals surface area contributed by atoms with Crippen LogP contribution in [0.5, 0.6) is 0 Å². The third-order valence-electron chi connectivity index (χ3n) is 3.28. The van der Waals surface area contributed by atoms with Crippen molar-refractivity contribution in [3.63, 3.8) is 0 Å². The fraction of sp³-hybridized carbons (Fsp3) is 0.500. The Balaban J connectivity index is 2.20. The summed E-state index contributed by atoms with van der Waals surface area (Å²) in [6.45, 7) is 4.24. The Morgan fingerprint density at radius 3 is 2.65 bits per heavy atom. The molecule has 0 saturated carbocycles. The van der Waals surface area contributed by atoms with E-state index in [0.717, 1.165) is 6.54 Å². The quantitative estimate of drug-likeness (QED) is 0.878. The summed E-state index contributed by atoms with van der Waals surface area (Å²) in [5.74, 6) is -1.24. The first-order chi connectivity index (χ1) is 9.61. The number of amides is 1. The van der Waals surface area contributed by atoms with Crippen molar-refractivity contribution in [3.8, 4) is 0 Å². The Morgan fingerprint density at radius 1 is 1.30 bits per heavy atom. The van der Waals surface area contributed by atoms with E-state index in [-0.39, 0.29) is 18.0 Å². The van der Waals surface area contributed by atoms with Gasteiger partial charge in [-0.3, -0.25) is 4.79 Å². The SMILES string of the molecule is CCNCc1cc(F)c(N2CCNC(=O)CC2)c(F)c1. The number of carbonyl (C=O) groups is 1. The van der Waals surface area contributed by atoms with Gasteiger partial charge in [-0.05, 0) is 24.2 Å². The maximum atomic E-state index is 14.1. The van der Waals surface area contributed by atoms with Gasteiger partial charge in [0.2, 0.25) is 5.91 Å². The average Bonchev–Trinajstić information content (AvgIpc) is 2.61. The van der Waals surface area contributed by atoms with Crippen molar-refractivity contribution in [3.05, 3.63) is 29.3 Å². The second-order valence-corrected chi connectivity index (χ2v) is 4.78. The van der Waals surface area contributed by atoms with Crippen LogP contribution in [0.1, 0.15) is 18.9 Å². The monoisotopic (exact) mass is 283 g/mol. The van der Waals surface area contributed by atoms with Gasteiger partial charge in [0.05, 0.1) is 0 Å². The third kappa shape index (κ3) is 3.45. The second kappa shape index (κ2) is 6.65.